The fourth-order valence-corrected chi connectivity index (χ4v) is 3.65. The van der Waals surface area contributed by atoms with E-state index in [2.05, 4.69) is 9.97 Å². The van der Waals surface area contributed by atoms with Crippen molar-refractivity contribution >= 4 is 22.8 Å². The second kappa shape index (κ2) is 8.45. The highest BCUT2D eigenvalue weighted by molar-refractivity contribution is 5.97. The van der Waals surface area contributed by atoms with E-state index in [1.807, 2.05) is 49.4 Å². The molecule has 2 heterocycles. The maximum atomic E-state index is 13.0. The zero-order valence-electron chi connectivity index (χ0n) is 16.4. The Hall–Kier alpha value is -3.19. The van der Waals surface area contributed by atoms with Crippen molar-refractivity contribution in [1.29, 1.82) is 0 Å². The maximum Gasteiger partial charge on any atom is 0.256 e. The van der Waals surface area contributed by atoms with E-state index in [0.717, 1.165) is 16.6 Å². The predicted octanol–water partition coefficient (Wildman–Crippen LogP) is 2.63. The smallest absolute Gasteiger partial charge is 0.256 e. The average molecular weight is 392 g/mol. The summed E-state index contributed by atoms with van der Waals surface area (Å²) in [7, 11) is 0. The number of fused-ring (bicyclic) bond motifs is 1. The summed E-state index contributed by atoms with van der Waals surface area (Å²) >= 11 is 0. The van der Waals surface area contributed by atoms with Crippen molar-refractivity contribution in [2.75, 3.05) is 32.8 Å². The summed E-state index contributed by atoms with van der Waals surface area (Å²) in [6, 6.07) is 15.0. The largest absolute Gasteiger partial charge is 0.364 e. The molecule has 0 radical (unpaired) electrons. The number of piperazine rings is 1. The van der Waals surface area contributed by atoms with E-state index >= 15 is 0 Å². The van der Waals surface area contributed by atoms with Gasteiger partial charge in [0.1, 0.15) is 0 Å². The molecule has 7 heteroatoms. The van der Waals surface area contributed by atoms with Gasteiger partial charge in [-0.2, -0.15) is 0 Å². The van der Waals surface area contributed by atoms with Gasteiger partial charge < -0.3 is 19.5 Å². The van der Waals surface area contributed by atoms with Crippen molar-refractivity contribution in [3.63, 3.8) is 0 Å². The first kappa shape index (κ1) is 19.1. The zero-order chi connectivity index (χ0) is 20.2. The molecule has 0 spiro atoms. The first-order valence-electron chi connectivity index (χ1n) is 9.85. The Bertz CT molecular complexity index is 993. The number of nitrogens with one attached hydrogen (secondary N) is 1. The third-order valence-electron chi connectivity index (χ3n) is 5.21. The van der Waals surface area contributed by atoms with Crippen LogP contribution in [0.4, 0.5) is 0 Å². The van der Waals surface area contributed by atoms with Gasteiger partial charge in [-0.1, -0.05) is 30.3 Å². The quantitative estimate of drug-likeness (QED) is 0.724. The van der Waals surface area contributed by atoms with Crippen LogP contribution in [0.15, 0.2) is 54.9 Å². The number of amides is 2. The maximum absolute atomic E-state index is 13.0. The Balaban J connectivity index is 1.41. The summed E-state index contributed by atoms with van der Waals surface area (Å²) in [6.07, 6.45) is 1.01. The van der Waals surface area contributed by atoms with Crippen molar-refractivity contribution in [3.05, 3.63) is 66.0 Å². The van der Waals surface area contributed by atoms with Crippen LogP contribution in [0, 0.1) is 0 Å². The standard InChI is InChI=1S/C22H24N4O3/c1-2-29-20(16-6-4-3-5-7-16)22(28)26-12-10-25(11-13-26)21(27)17-8-9-18-19(14-17)24-15-23-18/h3-9,14-15,20H,2,10-13H2,1H3,(H,23,24). The van der Waals surface area contributed by atoms with Crippen LogP contribution < -0.4 is 0 Å². The van der Waals surface area contributed by atoms with Crippen LogP contribution in [0.25, 0.3) is 11.0 Å². The van der Waals surface area contributed by atoms with Crippen LogP contribution in [-0.4, -0.2) is 64.4 Å². The van der Waals surface area contributed by atoms with E-state index in [1.165, 1.54) is 0 Å². The minimum Gasteiger partial charge on any atom is -0.364 e. The molecular weight excluding hydrogens is 368 g/mol. The van der Waals surface area contributed by atoms with E-state index < -0.39 is 6.10 Å². The number of hydrogen-bond donors (Lipinski definition) is 1. The molecule has 29 heavy (non-hydrogen) atoms. The van der Waals surface area contributed by atoms with Gasteiger partial charge in [0, 0.05) is 38.3 Å². The zero-order valence-corrected chi connectivity index (χ0v) is 16.4. The Morgan fingerprint density at radius 1 is 1.07 bits per heavy atom. The Morgan fingerprint density at radius 3 is 2.52 bits per heavy atom. The summed E-state index contributed by atoms with van der Waals surface area (Å²) in [4.78, 5) is 36.7. The molecule has 7 nitrogen and oxygen atoms in total. The number of aromatic amines is 1. The SMILES string of the molecule is CCOC(C(=O)N1CCN(C(=O)c2ccc3nc[nH]c3c2)CC1)c1ccccc1. The fraction of sp³-hybridized carbons (Fsp3) is 0.318. The second-order valence-corrected chi connectivity index (χ2v) is 7.00. The molecule has 1 atom stereocenters. The normalized spacial score (nSPS) is 15.5. The number of rotatable bonds is 5. The Kier molecular flexibility index (Phi) is 5.57. The highest BCUT2D eigenvalue weighted by atomic mass is 16.5. The summed E-state index contributed by atoms with van der Waals surface area (Å²) in [6.45, 7) is 4.33. The molecule has 1 aliphatic rings. The second-order valence-electron chi connectivity index (χ2n) is 7.00. The van der Waals surface area contributed by atoms with Gasteiger partial charge in [-0.3, -0.25) is 9.59 Å². The van der Waals surface area contributed by atoms with Gasteiger partial charge in [-0.15, -0.1) is 0 Å². The summed E-state index contributed by atoms with van der Waals surface area (Å²) in [5, 5.41) is 0. The lowest BCUT2D eigenvalue weighted by Gasteiger charge is -2.36. The van der Waals surface area contributed by atoms with Crippen LogP contribution in [0.3, 0.4) is 0 Å². The summed E-state index contributed by atoms with van der Waals surface area (Å²) in [5.74, 6) is -0.0814. The van der Waals surface area contributed by atoms with Gasteiger partial charge in [-0.25, -0.2) is 4.98 Å². The summed E-state index contributed by atoms with van der Waals surface area (Å²) in [5.41, 5.74) is 3.15. The van der Waals surface area contributed by atoms with Crippen LogP contribution in [0.1, 0.15) is 28.9 Å². The molecule has 2 aromatic carbocycles. The molecule has 1 aromatic heterocycles. The van der Waals surface area contributed by atoms with Crippen molar-refractivity contribution in [3.8, 4) is 0 Å². The number of hydrogen-bond acceptors (Lipinski definition) is 4. The fourth-order valence-electron chi connectivity index (χ4n) is 3.65. The van der Waals surface area contributed by atoms with Gasteiger partial charge in [0.25, 0.3) is 11.8 Å². The van der Waals surface area contributed by atoms with Gasteiger partial charge in [0.2, 0.25) is 0 Å². The first-order chi connectivity index (χ1) is 14.2. The first-order valence-corrected chi connectivity index (χ1v) is 9.85. The molecule has 1 saturated heterocycles. The number of ether oxygens (including phenoxy) is 1. The molecule has 0 saturated carbocycles. The Morgan fingerprint density at radius 2 is 1.79 bits per heavy atom. The molecule has 1 N–H and O–H groups in total. The van der Waals surface area contributed by atoms with Crippen LogP contribution in [-0.2, 0) is 9.53 Å². The van der Waals surface area contributed by atoms with Gasteiger partial charge in [0.15, 0.2) is 6.10 Å². The number of carbonyl (C=O) groups excluding carboxylic acids is 2. The highest BCUT2D eigenvalue weighted by Crippen LogP contribution is 2.22. The molecule has 150 valence electrons. The van der Waals surface area contributed by atoms with E-state index in [0.29, 0.717) is 38.3 Å². The minimum absolute atomic E-state index is 0.0296. The minimum atomic E-state index is -0.605. The lowest BCUT2D eigenvalue weighted by atomic mass is 10.1. The highest BCUT2D eigenvalue weighted by Gasteiger charge is 2.30. The number of nitrogens with zero attached hydrogens (tertiary/aromatic N) is 3. The van der Waals surface area contributed by atoms with E-state index in [4.69, 9.17) is 4.74 Å². The lowest BCUT2D eigenvalue weighted by molar-refractivity contribution is -0.145. The lowest BCUT2D eigenvalue weighted by Crippen LogP contribution is -2.51. The van der Waals surface area contributed by atoms with E-state index in [9.17, 15) is 9.59 Å². The molecule has 4 rings (SSSR count). The van der Waals surface area contributed by atoms with Gasteiger partial charge in [-0.05, 0) is 30.7 Å². The number of H-pyrrole nitrogens is 1. The van der Waals surface area contributed by atoms with Gasteiger partial charge in [0.05, 0.1) is 17.4 Å². The number of carbonyl (C=O) groups is 2. The van der Waals surface area contributed by atoms with Crippen molar-refractivity contribution in [2.24, 2.45) is 0 Å². The molecule has 3 aromatic rings. The molecule has 1 aliphatic heterocycles. The topological polar surface area (TPSA) is 78.5 Å². The molecule has 1 fully saturated rings. The Labute approximate surface area is 169 Å². The van der Waals surface area contributed by atoms with Crippen LogP contribution >= 0.6 is 0 Å². The number of benzene rings is 2. The van der Waals surface area contributed by atoms with E-state index in [1.54, 1.807) is 22.2 Å². The predicted molar refractivity (Wildman–Crippen MR) is 109 cm³/mol. The number of imidazole rings is 1. The van der Waals surface area contributed by atoms with Gasteiger partial charge >= 0.3 is 0 Å². The van der Waals surface area contributed by atoms with Crippen LogP contribution in [0.2, 0.25) is 0 Å². The molecule has 2 amide bonds. The third-order valence-corrected chi connectivity index (χ3v) is 5.21. The number of aromatic nitrogens is 2. The molecular formula is C22H24N4O3. The molecule has 0 bridgehead atoms. The van der Waals surface area contributed by atoms with Crippen molar-refractivity contribution in [1.82, 2.24) is 19.8 Å². The third kappa shape index (κ3) is 4.00. The molecule has 1 unspecified atom stereocenters. The van der Waals surface area contributed by atoms with Crippen molar-refractivity contribution < 1.29 is 14.3 Å². The van der Waals surface area contributed by atoms with Crippen LogP contribution in [0.5, 0.6) is 0 Å². The monoisotopic (exact) mass is 392 g/mol. The molecule has 0 aliphatic carbocycles. The summed E-state index contributed by atoms with van der Waals surface area (Å²) < 4.78 is 5.74. The van der Waals surface area contributed by atoms with Crippen molar-refractivity contribution in [2.45, 2.75) is 13.0 Å². The van der Waals surface area contributed by atoms with E-state index in [-0.39, 0.29) is 11.8 Å². The average Bonchev–Trinajstić information content (AvgIpc) is 3.25.